The molecule has 1 aromatic heterocycles. The van der Waals surface area contributed by atoms with Crippen LogP contribution >= 0.6 is 12.2 Å². The fourth-order valence-electron chi connectivity index (χ4n) is 9.48. The summed E-state index contributed by atoms with van der Waals surface area (Å²) in [5.41, 5.74) is 10.7. The quantitative estimate of drug-likeness (QED) is 0.0349. The minimum Gasteiger partial charge on any atom is -0.480 e. The Morgan fingerprint density at radius 3 is 2.04 bits per heavy atom. The fraction of sp³-hybridized carbons (Fsp3) is 0.473. The number of nitrogens with one attached hydrogen (secondary N) is 4. The Labute approximate surface area is 443 Å². The Kier molecular flexibility index (Phi) is 23.0. The zero-order chi connectivity index (χ0) is 54.6. The maximum absolute atomic E-state index is 14.1. The third-order valence-electron chi connectivity index (χ3n) is 13.8. The number of anilines is 1. The number of aryl methyl sites for hydroxylation is 1. The number of para-hydroxylation sites is 1. The van der Waals surface area contributed by atoms with Gasteiger partial charge in [0.2, 0.25) is 17.7 Å². The van der Waals surface area contributed by atoms with Crippen LogP contribution in [0.2, 0.25) is 0 Å². The van der Waals surface area contributed by atoms with Crippen molar-refractivity contribution in [1.82, 2.24) is 30.3 Å². The van der Waals surface area contributed by atoms with E-state index >= 15 is 0 Å². The molecule has 0 radical (unpaired) electrons. The van der Waals surface area contributed by atoms with Crippen molar-refractivity contribution in [1.29, 1.82) is 0 Å². The number of nitrogens with zero attached hydrogens (tertiary/aromatic N) is 3. The average molecular weight is 1050 g/mol. The van der Waals surface area contributed by atoms with Crippen molar-refractivity contribution in [2.75, 3.05) is 57.7 Å². The van der Waals surface area contributed by atoms with Gasteiger partial charge in [-0.05, 0) is 79.0 Å². The zero-order valence-electron chi connectivity index (χ0n) is 43.1. The van der Waals surface area contributed by atoms with E-state index in [0.29, 0.717) is 56.9 Å². The van der Waals surface area contributed by atoms with E-state index in [2.05, 4.69) is 20.9 Å². The molecule has 0 bridgehead atoms. The van der Waals surface area contributed by atoms with E-state index < -0.39 is 53.5 Å². The molecule has 1 fully saturated rings. The molecule has 19 nitrogen and oxygen atoms in total. The van der Waals surface area contributed by atoms with Crippen LogP contribution in [0, 0.1) is 17.8 Å². The molecule has 5 atom stereocenters. The number of thiocarbonyl (C=S) groups is 1. The highest BCUT2D eigenvalue weighted by Gasteiger charge is 2.33. The zero-order valence-corrected chi connectivity index (χ0v) is 43.9. The van der Waals surface area contributed by atoms with Gasteiger partial charge in [-0.2, -0.15) is 0 Å². The van der Waals surface area contributed by atoms with Crippen LogP contribution in [0.25, 0.3) is 10.9 Å². The maximum atomic E-state index is 14.1. The van der Waals surface area contributed by atoms with Crippen molar-refractivity contribution < 1.29 is 53.7 Å². The smallest absolute Gasteiger partial charge is 0.317 e. The molecule has 2 unspecified atom stereocenters. The Morgan fingerprint density at radius 1 is 0.760 bits per heavy atom. The van der Waals surface area contributed by atoms with Crippen molar-refractivity contribution >= 4 is 81.0 Å². The topological polar surface area (TPSA) is 285 Å². The van der Waals surface area contributed by atoms with Crippen LogP contribution in [-0.4, -0.2) is 152 Å². The highest BCUT2D eigenvalue weighted by atomic mass is 32.1. The second-order valence-corrected chi connectivity index (χ2v) is 20.2. The standard InChI is InChI=1S/C55H72N8O11S/c1-4-35(2)53(60-55(74)41(25-36(3)64)27-42-30-57-46-8-6-5-7-45(42)46)47(65)28-40(16-19-48(56)66)54(73)58-29-39-11-9-37(10-12-39)15-20-49(75)59-43-17-13-38(14-18-43)26-44-31-62(33-51(69)70)22-21-61(32-50(67)68)23-24-63(44)34-52(71)72/h5-14,17-18,30,35,40-41,44,53,57H,4,15-16,19-29,31-34H2,1-3H3,(H2,56,66)(H,58,73)(H,59,75)(H,60,74)(H,67,68)(H,69,70)(H,71,72)/t35?,40-,41+,44?,53+/m1/s1. The number of primary amides is 1. The van der Waals surface area contributed by atoms with E-state index in [4.69, 9.17) is 18.0 Å². The summed E-state index contributed by atoms with van der Waals surface area (Å²) in [5.74, 6) is -6.96. The number of fused-ring (bicyclic) bond motifs is 1. The van der Waals surface area contributed by atoms with Crippen LogP contribution in [0.15, 0.2) is 79.0 Å². The van der Waals surface area contributed by atoms with Crippen molar-refractivity contribution in [2.24, 2.45) is 23.5 Å². The summed E-state index contributed by atoms with van der Waals surface area (Å²) in [6.07, 6.45) is 3.95. The van der Waals surface area contributed by atoms with Gasteiger partial charge in [-0.15, -0.1) is 0 Å². The van der Waals surface area contributed by atoms with E-state index in [0.717, 1.165) is 38.8 Å². The largest absolute Gasteiger partial charge is 0.480 e. The lowest BCUT2D eigenvalue weighted by Crippen LogP contribution is -2.49. The van der Waals surface area contributed by atoms with Crippen LogP contribution in [0.5, 0.6) is 0 Å². The molecule has 75 heavy (non-hydrogen) atoms. The molecule has 404 valence electrons. The summed E-state index contributed by atoms with van der Waals surface area (Å²) < 4.78 is 0. The number of carboxylic acids is 3. The van der Waals surface area contributed by atoms with E-state index in [-0.39, 0.29) is 88.4 Å². The molecule has 3 aromatic carbocycles. The summed E-state index contributed by atoms with van der Waals surface area (Å²) in [6.45, 7) is 6.11. The molecule has 9 N–H and O–H groups in total. The molecule has 3 amide bonds. The van der Waals surface area contributed by atoms with Crippen molar-refractivity contribution in [3.05, 3.63) is 101 Å². The Balaban J connectivity index is 1.14. The third-order valence-corrected chi connectivity index (χ3v) is 14.1. The minimum absolute atomic E-state index is 0.0104. The lowest BCUT2D eigenvalue weighted by Gasteiger charge is -2.33. The van der Waals surface area contributed by atoms with Crippen molar-refractivity contribution in [2.45, 2.75) is 97.2 Å². The highest BCUT2D eigenvalue weighted by Crippen LogP contribution is 2.25. The molecule has 0 aliphatic carbocycles. The number of hydrogen-bond donors (Lipinski definition) is 8. The molecule has 1 aliphatic rings. The van der Waals surface area contributed by atoms with Gasteiger partial charge < -0.3 is 46.8 Å². The van der Waals surface area contributed by atoms with Gasteiger partial charge in [-0.1, -0.05) is 87.1 Å². The average Bonchev–Trinajstić information content (AvgIpc) is 3.79. The summed E-state index contributed by atoms with van der Waals surface area (Å²) in [7, 11) is 0. The molecule has 0 saturated carbocycles. The number of aliphatic carboxylic acids is 3. The van der Waals surface area contributed by atoms with Crippen LogP contribution in [0.4, 0.5) is 5.69 Å². The summed E-state index contributed by atoms with van der Waals surface area (Å²) in [6, 6.07) is 21.6. The summed E-state index contributed by atoms with van der Waals surface area (Å²) in [5, 5.41) is 38.8. The number of rotatable bonds is 29. The van der Waals surface area contributed by atoms with Gasteiger partial charge in [0.15, 0.2) is 5.78 Å². The second-order valence-electron chi connectivity index (χ2n) is 19.7. The number of carboxylic acid groups (broad SMARTS) is 3. The van der Waals surface area contributed by atoms with Gasteiger partial charge in [0.05, 0.1) is 30.7 Å². The maximum Gasteiger partial charge on any atom is 0.317 e. The summed E-state index contributed by atoms with van der Waals surface area (Å²) >= 11 is 5.68. The van der Waals surface area contributed by atoms with Gasteiger partial charge in [0.25, 0.3) is 0 Å². The van der Waals surface area contributed by atoms with Crippen LogP contribution in [-0.2, 0) is 64.2 Å². The van der Waals surface area contributed by atoms with Gasteiger partial charge in [0.1, 0.15) is 5.78 Å². The first-order valence-electron chi connectivity index (χ1n) is 25.5. The number of nitrogens with two attached hydrogens (primary N) is 1. The van der Waals surface area contributed by atoms with E-state index in [9.17, 15) is 53.7 Å². The Hall–Kier alpha value is -6.87. The van der Waals surface area contributed by atoms with E-state index in [1.54, 1.807) is 14.7 Å². The van der Waals surface area contributed by atoms with Crippen LogP contribution in [0.1, 0.15) is 81.5 Å². The fourth-order valence-corrected chi connectivity index (χ4v) is 9.70. The minimum atomic E-state index is -1.04. The molecule has 1 saturated heterocycles. The number of hydrogen-bond acceptors (Lipinski definition) is 12. The monoisotopic (exact) mass is 1050 g/mol. The van der Waals surface area contributed by atoms with Gasteiger partial charge in [0, 0.05) is 106 Å². The van der Waals surface area contributed by atoms with Crippen LogP contribution < -0.4 is 21.7 Å². The first-order valence-corrected chi connectivity index (χ1v) is 25.9. The normalized spacial score (nSPS) is 16.3. The number of benzene rings is 3. The highest BCUT2D eigenvalue weighted by molar-refractivity contribution is 7.80. The molecule has 20 heteroatoms. The number of H-pyrrole nitrogens is 1. The predicted molar refractivity (Wildman–Crippen MR) is 288 cm³/mol. The second kappa shape index (κ2) is 29.3. The number of aromatic amines is 1. The SMILES string of the molecule is CCC(C)[C@H](NC(=O)[C@@H](CC(C)=O)Cc1c[nH]c2ccccc12)C(=O)C[C@@H](CCC(N)=O)C(=O)NCc1ccc(CCC(=S)Nc2ccc(CC3CN(CC(=O)O)CCN(CC(=O)O)CCN3CC(=O)O)cc2)cc1. The number of amides is 3. The molecule has 5 rings (SSSR count). The van der Waals surface area contributed by atoms with Gasteiger partial charge in [-0.25, -0.2) is 0 Å². The molecular formula is C55H72N8O11S. The lowest BCUT2D eigenvalue weighted by atomic mass is 9.86. The van der Waals surface area contributed by atoms with Gasteiger partial charge >= 0.3 is 17.9 Å². The molecular weight excluding hydrogens is 981 g/mol. The Bertz CT molecular complexity index is 2620. The molecule has 4 aromatic rings. The molecule has 2 heterocycles. The first-order chi connectivity index (χ1) is 35.8. The van der Waals surface area contributed by atoms with Crippen molar-refractivity contribution in [3.8, 4) is 0 Å². The number of aromatic nitrogens is 1. The number of ketones is 2. The van der Waals surface area contributed by atoms with E-state index in [1.807, 2.05) is 92.8 Å². The van der Waals surface area contributed by atoms with Crippen LogP contribution in [0.3, 0.4) is 0 Å². The molecule has 0 spiro atoms. The predicted octanol–water partition coefficient (Wildman–Crippen LogP) is 4.45. The third kappa shape index (κ3) is 19.7. The number of carbonyl (C=O) groups excluding carboxylic acids is 5. The molecule has 1 aliphatic heterocycles. The summed E-state index contributed by atoms with van der Waals surface area (Å²) in [4.78, 5) is 110. The first kappa shape index (κ1) is 59.0. The lowest BCUT2D eigenvalue weighted by molar-refractivity contribution is -0.140. The number of Topliss-reactive ketones (excluding diaryl/α,β-unsaturated/α-hetero) is 2. The number of carbonyl (C=O) groups is 8. The van der Waals surface area contributed by atoms with E-state index in [1.165, 1.54) is 6.92 Å². The Morgan fingerprint density at radius 2 is 1.39 bits per heavy atom. The van der Waals surface area contributed by atoms with Gasteiger partial charge in [-0.3, -0.25) is 48.3 Å². The van der Waals surface area contributed by atoms with Crippen molar-refractivity contribution in [3.63, 3.8) is 0 Å².